The summed E-state index contributed by atoms with van der Waals surface area (Å²) in [5.41, 5.74) is 0. The maximum absolute atomic E-state index is 12.1. The summed E-state index contributed by atoms with van der Waals surface area (Å²) in [6.07, 6.45) is 5.83. The molecule has 6 heteroatoms. The van der Waals surface area contributed by atoms with Crippen LogP contribution < -0.4 is 5.32 Å². The number of nitrogens with zero attached hydrogens (tertiary/aromatic N) is 2. The van der Waals surface area contributed by atoms with Gasteiger partial charge in [0, 0.05) is 39.1 Å². The third-order valence-corrected chi connectivity index (χ3v) is 4.97. The predicted molar refractivity (Wildman–Crippen MR) is 89.2 cm³/mol. The average molecular weight is 325 g/mol. The molecule has 23 heavy (non-hydrogen) atoms. The third-order valence-electron chi connectivity index (χ3n) is 4.97. The Labute approximate surface area is 139 Å². The van der Waals surface area contributed by atoms with Gasteiger partial charge in [-0.2, -0.15) is 0 Å². The summed E-state index contributed by atoms with van der Waals surface area (Å²) >= 11 is 0. The van der Waals surface area contributed by atoms with Crippen molar-refractivity contribution in [2.45, 2.75) is 52.1 Å². The Kier molecular flexibility index (Phi) is 7.15. The second-order valence-electron chi connectivity index (χ2n) is 6.62. The van der Waals surface area contributed by atoms with Gasteiger partial charge < -0.3 is 19.9 Å². The number of urea groups is 1. The first-order chi connectivity index (χ1) is 11.1. The van der Waals surface area contributed by atoms with Gasteiger partial charge in [0.1, 0.15) is 0 Å². The van der Waals surface area contributed by atoms with Crippen molar-refractivity contribution >= 4 is 11.9 Å². The van der Waals surface area contributed by atoms with E-state index in [0.717, 1.165) is 6.42 Å². The number of hydrogen-bond donors (Lipinski definition) is 1. The number of hydrogen-bond acceptors (Lipinski definition) is 3. The highest BCUT2D eigenvalue weighted by Gasteiger charge is 2.24. The molecule has 0 spiro atoms. The number of amides is 3. The van der Waals surface area contributed by atoms with Crippen molar-refractivity contribution in [3.8, 4) is 0 Å². The molecule has 1 aliphatic heterocycles. The van der Waals surface area contributed by atoms with Gasteiger partial charge in [-0.3, -0.25) is 4.79 Å². The maximum Gasteiger partial charge on any atom is 0.317 e. The molecule has 1 N–H and O–H groups in total. The van der Waals surface area contributed by atoms with Gasteiger partial charge in [0.25, 0.3) is 0 Å². The van der Waals surface area contributed by atoms with Crippen molar-refractivity contribution < 1.29 is 14.3 Å². The molecule has 2 fully saturated rings. The van der Waals surface area contributed by atoms with Crippen LogP contribution in [0.4, 0.5) is 4.79 Å². The van der Waals surface area contributed by atoms with Gasteiger partial charge in [-0.05, 0) is 18.8 Å². The highest BCUT2D eigenvalue weighted by molar-refractivity contribution is 5.77. The van der Waals surface area contributed by atoms with Gasteiger partial charge in [-0.1, -0.05) is 26.7 Å². The highest BCUT2D eigenvalue weighted by Crippen LogP contribution is 2.25. The molecule has 3 amide bonds. The molecule has 0 bridgehead atoms. The SMILES string of the molecule is CCC(=O)N1CCN(C(=O)NCCOC2CCCCC2C)CC1. The summed E-state index contributed by atoms with van der Waals surface area (Å²) in [6.45, 7) is 7.74. The molecule has 2 atom stereocenters. The Bertz CT molecular complexity index is 395. The van der Waals surface area contributed by atoms with E-state index in [0.29, 0.717) is 57.8 Å². The van der Waals surface area contributed by atoms with Crippen LogP contribution in [-0.4, -0.2) is 67.2 Å². The molecule has 2 aliphatic rings. The Morgan fingerprint density at radius 1 is 1.09 bits per heavy atom. The molecular formula is C17H31N3O3. The lowest BCUT2D eigenvalue weighted by Crippen LogP contribution is -2.53. The van der Waals surface area contributed by atoms with Crippen molar-refractivity contribution in [3.05, 3.63) is 0 Å². The Morgan fingerprint density at radius 3 is 2.39 bits per heavy atom. The summed E-state index contributed by atoms with van der Waals surface area (Å²) in [6, 6.07) is -0.0473. The van der Waals surface area contributed by atoms with Crippen LogP contribution in [0, 0.1) is 5.92 Å². The van der Waals surface area contributed by atoms with Crippen LogP contribution in [0.1, 0.15) is 46.0 Å². The third kappa shape index (κ3) is 5.37. The van der Waals surface area contributed by atoms with Crippen molar-refractivity contribution in [1.82, 2.24) is 15.1 Å². The molecule has 0 aromatic heterocycles. The second kappa shape index (κ2) is 9.11. The fourth-order valence-electron chi connectivity index (χ4n) is 3.39. The van der Waals surface area contributed by atoms with E-state index in [-0.39, 0.29) is 11.9 Å². The standard InChI is InChI=1S/C17H31N3O3/c1-3-16(21)19-9-11-20(12-10-19)17(22)18-8-13-23-15-7-5-4-6-14(15)2/h14-15H,3-13H2,1-2H3,(H,18,22). The molecule has 1 saturated carbocycles. The Hall–Kier alpha value is -1.30. The van der Waals surface area contributed by atoms with Gasteiger partial charge in [-0.15, -0.1) is 0 Å². The number of carbonyl (C=O) groups is 2. The molecule has 2 unspecified atom stereocenters. The van der Waals surface area contributed by atoms with E-state index in [4.69, 9.17) is 4.74 Å². The average Bonchev–Trinajstić information content (AvgIpc) is 2.59. The van der Waals surface area contributed by atoms with E-state index in [2.05, 4.69) is 12.2 Å². The Balaban J connectivity index is 1.59. The van der Waals surface area contributed by atoms with Crippen molar-refractivity contribution in [2.75, 3.05) is 39.3 Å². The molecule has 2 rings (SSSR count). The van der Waals surface area contributed by atoms with Crippen LogP contribution in [0.2, 0.25) is 0 Å². The number of nitrogens with one attached hydrogen (secondary N) is 1. The molecule has 0 aromatic rings. The Morgan fingerprint density at radius 2 is 1.74 bits per heavy atom. The molecule has 132 valence electrons. The van der Waals surface area contributed by atoms with Crippen LogP contribution in [0.15, 0.2) is 0 Å². The van der Waals surface area contributed by atoms with Gasteiger partial charge >= 0.3 is 6.03 Å². The number of carbonyl (C=O) groups excluding carboxylic acids is 2. The topological polar surface area (TPSA) is 61.9 Å². The van der Waals surface area contributed by atoms with E-state index in [1.54, 1.807) is 4.90 Å². The summed E-state index contributed by atoms with van der Waals surface area (Å²) in [4.78, 5) is 27.3. The first-order valence-electron chi connectivity index (χ1n) is 9.04. The monoisotopic (exact) mass is 325 g/mol. The molecule has 0 aromatic carbocycles. The molecular weight excluding hydrogens is 294 g/mol. The quantitative estimate of drug-likeness (QED) is 0.785. The zero-order chi connectivity index (χ0) is 16.7. The smallest absolute Gasteiger partial charge is 0.317 e. The van der Waals surface area contributed by atoms with Crippen molar-refractivity contribution in [3.63, 3.8) is 0 Å². The van der Waals surface area contributed by atoms with E-state index < -0.39 is 0 Å². The van der Waals surface area contributed by atoms with Crippen LogP contribution in [0.3, 0.4) is 0 Å². The molecule has 1 aliphatic carbocycles. The van der Waals surface area contributed by atoms with Crippen molar-refractivity contribution in [1.29, 1.82) is 0 Å². The van der Waals surface area contributed by atoms with Gasteiger partial charge in [0.15, 0.2) is 0 Å². The summed E-state index contributed by atoms with van der Waals surface area (Å²) in [7, 11) is 0. The maximum atomic E-state index is 12.1. The lowest BCUT2D eigenvalue weighted by molar-refractivity contribution is -0.132. The van der Waals surface area contributed by atoms with E-state index in [9.17, 15) is 9.59 Å². The van der Waals surface area contributed by atoms with Gasteiger partial charge in [-0.25, -0.2) is 4.79 Å². The fourth-order valence-corrected chi connectivity index (χ4v) is 3.39. The largest absolute Gasteiger partial charge is 0.376 e. The number of ether oxygens (including phenoxy) is 1. The predicted octanol–water partition coefficient (Wildman–Crippen LogP) is 1.85. The fraction of sp³-hybridized carbons (Fsp3) is 0.882. The van der Waals surface area contributed by atoms with Crippen LogP contribution in [0.25, 0.3) is 0 Å². The van der Waals surface area contributed by atoms with Gasteiger partial charge in [0.05, 0.1) is 12.7 Å². The number of rotatable bonds is 5. The zero-order valence-electron chi connectivity index (χ0n) is 14.6. The minimum atomic E-state index is -0.0473. The van der Waals surface area contributed by atoms with E-state index in [1.807, 2.05) is 11.8 Å². The first kappa shape index (κ1) is 18.0. The summed E-state index contributed by atoms with van der Waals surface area (Å²) in [5, 5.41) is 2.92. The normalized spacial score (nSPS) is 25.3. The van der Waals surface area contributed by atoms with Crippen LogP contribution in [-0.2, 0) is 9.53 Å². The lowest BCUT2D eigenvalue weighted by Gasteiger charge is -2.34. The van der Waals surface area contributed by atoms with Crippen LogP contribution in [0.5, 0.6) is 0 Å². The second-order valence-corrected chi connectivity index (χ2v) is 6.62. The minimum Gasteiger partial charge on any atom is -0.376 e. The number of piperazine rings is 1. The molecule has 6 nitrogen and oxygen atoms in total. The zero-order valence-corrected chi connectivity index (χ0v) is 14.6. The summed E-state index contributed by atoms with van der Waals surface area (Å²) < 4.78 is 5.91. The summed E-state index contributed by atoms with van der Waals surface area (Å²) in [5.74, 6) is 0.795. The van der Waals surface area contributed by atoms with E-state index in [1.165, 1.54) is 19.3 Å². The molecule has 0 radical (unpaired) electrons. The lowest BCUT2D eigenvalue weighted by atomic mass is 9.88. The highest BCUT2D eigenvalue weighted by atomic mass is 16.5. The van der Waals surface area contributed by atoms with Gasteiger partial charge in [0.2, 0.25) is 5.91 Å². The van der Waals surface area contributed by atoms with Crippen molar-refractivity contribution in [2.24, 2.45) is 5.92 Å². The van der Waals surface area contributed by atoms with Crippen LogP contribution >= 0.6 is 0 Å². The van der Waals surface area contributed by atoms with E-state index >= 15 is 0 Å². The molecule has 1 saturated heterocycles. The first-order valence-corrected chi connectivity index (χ1v) is 9.04. The molecule has 1 heterocycles. The minimum absolute atomic E-state index is 0.0473.